The minimum absolute atomic E-state index is 0. The number of nitrogens with zero attached hydrogens (tertiary/aromatic N) is 1. The van der Waals surface area contributed by atoms with E-state index >= 15 is 0 Å². The maximum atomic E-state index is 12.2. The molecule has 0 aliphatic carbocycles. The summed E-state index contributed by atoms with van der Waals surface area (Å²) in [6.07, 6.45) is 4.95. The smallest absolute Gasteiger partial charge is 0.239 e. The van der Waals surface area contributed by atoms with Gasteiger partial charge in [-0.05, 0) is 25.8 Å². The van der Waals surface area contributed by atoms with Crippen molar-refractivity contribution in [3.63, 3.8) is 0 Å². The van der Waals surface area contributed by atoms with E-state index in [1.807, 2.05) is 0 Å². The number of rotatable bonds is 3. The lowest BCUT2D eigenvalue weighted by molar-refractivity contribution is -0.133. The first-order valence-corrected chi connectivity index (χ1v) is 8.34. The standard InChI is InChI=1S/C11H21N3O3S.ClH/c1-18(16,17)13-9-5-7-14(8-9)11(15)10-4-2-3-6-12-10;/h9-10,12-13H,2-8H2,1H3;1H. The SMILES string of the molecule is CS(=O)(=O)NC1CCN(C(=O)C2CCCCN2)C1.Cl. The Morgan fingerprint density at radius 3 is 2.63 bits per heavy atom. The minimum Gasteiger partial charge on any atom is -0.340 e. The highest BCUT2D eigenvalue weighted by Gasteiger charge is 2.32. The van der Waals surface area contributed by atoms with Crippen molar-refractivity contribution in [3.05, 3.63) is 0 Å². The molecule has 0 aromatic carbocycles. The molecule has 0 bridgehead atoms. The fourth-order valence-electron chi connectivity index (χ4n) is 2.64. The summed E-state index contributed by atoms with van der Waals surface area (Å²) in [6, 6.07) is -0.205. The van der Waals surface area contributed by atoms with Gasteiger partial charge in [0, 0.05) is 19.1 Å². The number of carbonyl (C=O) groups is 1. The predicted octanol–water partition coefficient (Wildman–Crippen LogP) is -0.300. The highest BCUT2D eigenvalue weighted by molar-refractivity contribution is 7.88. The van der Waals surface area contributed by atoms with Gasteiger partial charge >= 0.3 is 0 Å². The van der Waals surface area contributed by atoms with E-state index in [1.54, 1.807) is 4.90 Å². The van der Waals surface area contributed by atoms with Crippen molar-refractivity contribution < 1.29 is 13.2 Å². The van der Waals surface area contributed by atoms with Crippen LogP contribution in [0.3, 0.4) is 0 Å². The highest BCUT2D eigenvalue weighted by Crippen LogP contribution is 2.15. The van der Waals surface area contributed by atoms with Gasteiger partial charge in [0.2, 0.25) is 15.9 Å². The first-order valence-electron chi connectivity index (χ1n) is 6.45. The largest absolute Gasteiger partial charge is 0.340 e. The van der Waals surface area contributed by atoms with Crippen LogP contribution in [0.2, 0.25) is 0 Å². The molecular formula is C11H22ClN3O3S. The van der Waals surface area contributed by atoms with Gasteiger partial charge in [-0.2, -0.15) is 0 Å². The van der Waals surface area contributed by atoms with E-state index in [0.29, 0.717) is 19.5 Å². The molecule has 19 heavy (non-hydrogen) atoms. The van der Waals surface area contributed by atoms with Crippen molar-refractivity contribution >= 4 is 28.3 Å². The van der Waals surface area contributed by atoms with Crippen molar-refractivity contribution in [1.82, 2.24) is 14.9 Å². The minimum atomic E-state index is -3.19. The van der Waals surface area contributed by atoms with Gasteiger partial charge in [-0.1, -0.05) is 6.42 Å². The number of amides is 1. The molecule has 2 saturated heterocycles. The zero-order valence-electron chi connectivity index (χ0n) is 11.1. The molecule has 2 aliphatic rings. The van der Waals surface area contributed by atoms with Gasteiger partial charge in [0.25, 0.3) is 0 Å². The number of carbonyl (C=O) groups excluding carboxylic acids is 1. The van der Waals surface area contributed by atoms with Crippen LogP contribution in [0.1, 0.15) is 25.7 Å². The Labute approximate surface area is 120 Å². The Hall–Kier alpha value is -0.370. The summed E-state index contributed by atoms with van der Waals surface area (Å²) in [4.78, 5) is 14.0. The molecule has 2 fully saturated rings. The molecule has 1 amide bonds. The topological polar surface area (TPSA) is 78.5 Å². The Balaban J connectivity index is 0.00000180. The quantitative estimate of drug-likeness (QED) is 0.750. The summed E-state index contributed by atoms with van der Waals surface area (Å²) in [7, 11) is -3.19. The number of piperidine rings is 1. The van der Waals surface area contributed by atoms with Crippen molar-refractivity contribution in [2.24, 2.45) is 0 Å². The average molecular weight is 312 g/mol. The molecule has 2 unspecified atom stereocenters. The number of halogens is 1. The Kier molecular flexibility index (Phi) is 6.04. The van der Waals surface area contributed by atoms with Gasteiger partial charge in [0.1, 0.15) is 0 Å². The van der Waals surface area contributed by atoms with Gasteiger partial charge < -0.3 is 10.2 Å². The van der Waals surface area contributed by atoms with E-state index in [1.165, 1.54) is 0 Å². The normalized spacial score (nSPS) is 27.9. The van der Waals surface area contributed by atoms with E-state index < -0.39 is 10.0 Å². The van der Waals surface area contributed by atoms with Gasteiger partial charge in [0.15, 0.2) is 0 Å². The van der Waals surface area contributed by atoms with Crippen molar-refractivity contribution in [2.45, 2.75) is 37.8 Å². The molecule has 0 aromatic rings. The van der Waals surface area contributed by atoms with Crippen LogP contribution < -0.4 is 10.0 Å². The summed E-state index contributed by atoms with van der Waals surface area (Å²) in [5, 5.41) is 3.23. The van der Waals surface area contributed by atoms with E-state index in [0.717, 1.165) is 32.1 Å². The number of likely N-dealkylation sites (tertiary alicyclic amines) is 1. The lowest BCUT2D eigenvalue weighted by atomic mass is 10.0. The highest BCUT2D eigenvalue weighted by atomic mass is 35.5. The third kappa shape index (κ3) is 4.91. The Bertz CT molecular complexity index is 409. The zero-order valence-corrected chi connectivity index (χ0v) is 12.7. The van der Waals surface area contributed by atoms with Crippen molar-refractivity contribution in [1.29, 1.82) is 0 Å². The first kappa shape index (κ1) is 16.7. The molecule has 2 atom stereocenters. The third-order valence-electron chi connectivity index (χ3n) is 3.49. The van der Waals surface area contributed by atoms with Gasteiger partial charge in [-0.25, -0.2) is 13.1 Å². The maximum Gasteiger partial charge on any atom is 0.239 e. The molecular weight excluding hydrogens is 290 g/mol. The molecule has 0 saturated carbocycles. The summed E-state index contributed by atoms with van der Waals surface area (Å²) in [5.74, 6) is 0.118. The number of nitrogens with one attached hydrogen (secondary N) is 2. The van der Waals surface area contributed by atoms with E-state index in [-0.39, 0.29) is 30.4 Å². The number of sulfonamides is 1. The van der Waals surface area contributed by atoms with Crippen molar-refractivity contribution in [2.75, 3.05) is 25.9 Å². The number of hydrogen-bond acceptors (Lipinski definition) is 4. The average Bonchev–Trinajstić information content (AvgIpc) is 2.75. The lowest BCUT2D eigenvalue weighted by Gasteiger charge is -2.27. The van der Waals surface area contributed by atoms with Crippen LogP contribution in [0.25, 0.3) is 0 Å². The second-order valence-electron chi connectivity index (χ2n) is 5.16. The Morgan fingerprint density at radius 2 is 2.05 bits per heavy atom. The molecule has 2 rings (SSSR count). The van der Waals surface area contributed by atoms with Crippen LogP contribution >= 0.6 is 12.4 Å². The molecule has 0 radical (unpaired) electrons. The van der Waals surface area contributed by atoms with Crippen molar-refractivity contribution in [3.8, 4) is 0 Å². The molecule has 2 N–H and O–H groups in total. The van der Waals surface area contributed by atoms with E-state index in [4.69, 9.17) is 0 Å². The molecule has 6 nitrogen and oxygen atoms in total. The summed E-state index contributed by atoms with van der Waals surface area (Å²) in [5.41, 5.74) is 0. The lowest BCUT2D eigenvalue weighted by Crippen LogP contribution is -2.48. The first-order chi connectivity index (χ1) is 8.46. The van der Waals surface area contributed by atoms with E-state index in [2.05, 4.69) is 10.0 Å². The van der Waals surface area contributed by atoms with Gasteiger partial charge in [-0.3, -0.25) is 4.79 Å². The summed E-state index contributed by atoms with van der Waals surface area (Å²) in [6.45, 7) is 2.03. The number of hydrogen-bond donors (Lipinski definition) is 2. The molecule has 0 spiro atoms. The molecule has 8 heteroatoms. The zero-order chi connectivity index (χ0) is 13.2. The molecule has 0 aromatic heterocycles. The van der Waals surface area contributed by atoms with Gasteiger partial charge in [0.05, 0.1) is 12.3 Å². The molecule has 2 aliphatic heterocycles. The summed E-state index contributed by atoms with van der Waals surface area (Å²) < 4.78 is 24.8. The predicted molar refractivity (Wildman–Crippen MR) is 75.9 cm³/mol. The van der Waals surface area contributed by atoms with Gasteiger partial charge in [-0.15, -0.1) is 12.4 Å². The van der Waals surface area contributed by atoms with Crippen LogP contribution in [0.15, 0.2) is 0 Å². The van der Waals surface area contributed by atoms with Crippen LogP contribution in [0.5, 0.6) is 0 Å². The van der Waals surface area contributed by atoms with Crippen LogP contribution in [0, 0.1) is 0 Å². The fraction of sp³-hybridized carbons (Fsp3) is 0.909. The third-order valence-corrected chi connectivity index (χ3v) is 4.25. The van der Waals surface area contributed by atoms with E-state index in [9.17, 15) is 13.2 Å². The second kappa shape index (κ2) is 6.88. The van der Waals surface area contributed by atoms with Crippen LogP contribution in [0.4, 0.5) is 0 Å². The molecule has 112 valence electrons. The Morgan fingerprint density at radius 1 is 1.32 bits per heavy atom. The van der Waals surface area contributed by atoms with Crippen LogP contribution in [-0.4, -0.2) is 57.2 Å². The summed E-state index contributed by atoms with van der Waals surface area (Å²) >= 11 is 0. The molecule has 2 heterocycles. The second-order valence-corrected chi connectivity index (χ2v) is 6.94. The fourth-order valence-corrected chi connectivity index (χ4v) is 3.44. The monoisotopic (exact) mass is 311 g/mol. The van der Waals surface area contributed by atoms with Crippen LogP contribution in [-0.2, 0) is 14.8 Å². The maximum absolute atomic E-state index is 12.2.